The first-order valence-corrected chi connectivity index (χ1v) is 14.7. The molecule has 1 aliphatic rings. The van der Waals surface area contributed by atoms with Crippen molar-refractivity contribution in [2.75, 3.05) is 27.4 Å². The molecule has 0 unspecified atom stereocenters. The van der Waals surface area contributed by atoms with Crippen molar-refractivity contribution in [2.24, 2.45) is 4.99 Å². The maximum Gasteiger partial charge on any atom is 0.341 e. The SMILES string of the molecule is CCCC1=C(C(=O)OCC)[C@H](c2ccccc2OC)n2c(s/c(=C\c3cc(I)c(OCC(=O)O)c(OC)c3)c2=O)=N1. The van der Waals surface area contributed by atoms with Crippen molar-refractivity contribution in [1.82, 2.24) is 4.57 Å². The van der Waals surface area contributed by atoms with Gasteiger partial charge >= 0.3 is 11.9 Å². The number of halogens is 1. The Morgan fingerprint density at radius 1 is 1.15 bits per heavy atom. The molecule has 0 aliphatic carbocycles. The highest BCUT2D eigenvalue weighted by Gasteiger charge is 2.35. The summed E-state index contributed by atoms with van der Waals surface area (Å²) in [6.45, 7) is 3.39. The monoisotopic (exact) mass is 692 g/mol. The summed E-state index contributed by atoms with van der Waals surface area (Å²) < 4.78 is 24.4. The number of benzene rings is 2. The van der Waals surface area contributed by atoms with E-state index in [1.165, 1.54) is 23.0 Å². The van der Waals surface area contributed by atoms with Gasteiger partial charge in [0.2, 0.25) is 0 Å². The first kappa shape index (κ1) is 30.3. The minimum absolute atomic E-state index is 0.178. The summed E-state index contributed by atoms with van der Waals surface area (Å²) in [4.78, 5) is 43.6. The van der Waals surface area contributed by atoms with Gasteiger partial charge in [-0.15, -0.1) is 0 Å². The van der Waals surface area contributed by atoms with Crippen molar-refractivity contribution in [3.05, 3.63) is 82.1 Å². The van der Waals surface area contributed by atoms with E-state index in [0.717, 1.165) is 6.42 Å². The number of methoxy groups -OCH3 is 2. The van der Waals surface area contributed by atoms with Crippen LogP contribution in [-0.4, -0.2) is 49.0 Å². The molecule has 12 heteroatoms. The Labute approximate surface area is 253 Å². The van der Waals surface area contributed by atoms with Crippen LogP contribution in [0.4, 0.5) is 0 Å². The van der Waals surface area contributed by atoms with Crippen molar-refractivity contribution in [1.29, 1.82) is 0 Å². The zero-order valence-corrected chi connectivity index (χ0v) is 25.9. The van der Waals surface area contributed by atoms with E-state index in [1.807, 2.05) is 47.7 Å². The minimum atomic E-state index is -1.11. The highest BCUT2D eigenvalue weighted by molar-refractivity contribution is 14.1. The number of carboxylic acids is 1. The largest absolute Gasteiger partial charge is 0.496 e. The molecule has 1 aromatic heterocycles. The Kier molecular flexibility index (Phi) is 9.86. The number of carboxylic acid groups (broad SMARTS) is 1. The molecule has 0 radical (unpaired) electrons. The molecule has 0 saturated heterocycles. The van der Waals surface area contributed by atoms with Crippen LogP contribution in [0.15, 0.2) is 57.5 Å². The summed E-state index contributed by atoms with van der Waals surface area (Å²) >= 11 is 3.24. The summed E-state index contributed by atoms with van der Waals surface area (Å²) in [5, 5.41) is 9.00. The number of hydrogen-bond donors (Lipinski definition) is 1. The van der Waals surface area contributed by atoms with E-state index in [1.54, 1.807) is 38.3 Å². The highest BCUT2D eigenvalue weighted by atomic mass is 127. The molecule has 2 heterocycles. The average molecular weight is 693 g/mol. The number of thiazole rings is 1. The quantitative estimate of drug-likeness (QED) is 0.239. The number of nitrogens with zero attached hydrogens (tertiary/aromatic N) is 2. The Morgan fingerprint density at radius 3 is 2.54 bits per heavy atom. The fourth-order valence-corrected chi connectivity index (χ4v) is 6.36. The summed E-state index contributed by atoms with van der Waals surface area (Å²) in [5.41, 5.74) is 1.85. The Balaban J connectivity index is 1.95. The number of aromatic nitrogens is 1. The number of para-hydroxylation sites is 1. The van der Waals surface area contributed by atoms with E-state index in [4.69, 9.17) is 29.0 Å². The van der Waals surface area contributed by atoms with Gasteiger partial charge in [-0.3, -0.25) is 9.36 Å². The van der Waals surface area contributed by atoms with Gasteiger partial charge in [0.1, 0.15) is 11.8 Å². The van der Waals surface area contributed by atoms with Crippen molar-refractivity contribution in [3.63, 3.8) is 0 Å². The van der Waals surface area contributed by atoms with Gasteiger partial charge in [-0.2, -0.15) is 0 Å². The van der Waals surface area contributed by atoms with Gasteiger partial charge in [0.15, 0.2) is 22.9 Å². The lowest BCUT2D eigenvalue weighted by Crippen LogP contribution is -2.40. The second-order valence-corrected chi connectivity index (χ2v) is 11.0. The van der Waals surface area contributed by atoms with Gasteiger partial charge in [-0.25, -0.2) is 14.6 Å². The summed E-state index contributed by atoms with van der Waals surface area (Å²) in [5.74, 6) is -0.473. The lowest BCUT2D eigenvalue weighted by atomic mass is 9.93. The third kappa shape index (κ3) is 6.32. The molecule has 2 aromatic carbocycles. The number of carbonyl (C=O) groups excluding carboxylic acids is 1. The summed E-state index contributed by atoms with van der Waals surface area (Å²) in [6, 6.07) is 9.91. The van der Waals surface area contributed by atoms with Crippen LogP contribution in [0, 0.1) is 3.57 Å². The van der Waals surface area contributed by atoms with E-state index in [2.05, 4.69) is 0 Å². The zero-order chi connectivity index (χ0) is 29.7. The van der Waals surface area contributed by atoms with Crippen molar-refractivity contribution in [3.8, 4) is 17.2 Å². The summed E-state index contributed by atoms with van der Waals surface area (Å²) in [7, 11) is 3.00. The van der Waals surface area contributed by atoms with Crippen LogP contribution in [0.25, 0.3) is 6.08 Å². The molecule has 216 valence electrons. The Morgan fingerprint density at radius 2 is 1.88 bits per heavy atom. The van der Waals surface area contributed by atoms with Crippen LogP contribution in [0.2, 0.25) is 0 Å². The second-order valence-electron chi connectivity index (χ2n) is 8.87. The summed E-state index contributed by atoms with van der Waals surface area (Å²) in [6.07, 6.45) is 2.98. The number of aliphatic carboxylic acids is 1. The normalized spacial score (nSPS) is 14.8. The minimum Gasteiger partial charge on any atom is -0.496 e. The van der Waals surface area contributed by atoms with Crippen molar-refractivity contribution >= 4 is 51.9 Å². The van der Waals surface area contributed by atoms with E-state index < -0.39 is 24.6 Å². The first-order valence-electron chi connectivity index (χ1n) is 12.8. The van der Waals surface area contributed by atoms with E-state index in [9.17, 15) is 14.4 Å². The molecule has 0 bridgehead atoms. The maximum atomic E-state index is 14.0. The van der Waals surface area contributed by atoms with Crippen LogP contribution >= 0.6 is 33.9 Å². The second kappa shape index (κ2) is 13.3. The maximum absolute atomic E-state index is 14.0. The van der Waals surface area contributed by atoms with Crippen molar-refractivity contribution in [2.45, 2.75) is 32.7 Å². The molecule has 4 rings (SSSR count). The van der Waals surface area contributed by atoms with Gasteiger partial charge in [-0.1, -0.05) is 42.9 Å². The number of carbonyl (C=O) groups is 2. The van der Waals surface area contributed by atoms with Gasteiger partial charge in [0.25, 0.3) is 5.56 Å². The third-order valence-corrected chi connectivity index (χ3v) is 8.00. The first-order chi connectivity index (χ1) is 19.7. The molecule has 3 aromatic rings. The molecule has 0 amide bonds. The van der Waals surface area contributed by atoms with Crippen LogP contribution in [0.3, 0.4) is 0 Å². The van der Waals surface area contributed by atoms with Crippen LogP contribution in [0.1, 0.15) is 43.9 Å². The van der Waals surface area contributed by atoms with Gasteiger partial charge < -0.3 is 24.1 Å². The number of rotatable bonds is 11. The molecule has 1 aliphatic heterocycles. The Bertz CT molecular complexity index is 1690. The number of hydrogen-bond acceptors (Lipinski definition) is 9. The number of ether oxygens (including phenoxy) is 4. The zero-order valence-electron chi connectivity index (χ0n) is 22.9. The number of allylic oxidation sites excluding steroid dienone is 1. The van der Waals surface area contributed by atoms with Gasteiger partial charge in [0.05, 0.1) is 40.2 Å². The third-order valence-electron chi connectivity index (χ3n) is 6.22. The molecular weight excluding hydrogens is 663 g/mol. The van der Waals surface area contributed by atoms with Gasteiger partial charge in [-0.05, 0) is 65.8 Å². The molecule has 0 spiro atoms. The average Bonchev–Trinajstić information content (AvgIpc) is 3.25. The van der Waals surface area contributed by atoms with E-state index in [0.29, 0.717) is 59.0 Å². The lowest BCUT2D eigenvalue weighted by molar-refractivity contribution is -0.140. The van der Waals surface area contributed by atoms with Crippen molar-refractivity contribution < 1.29 is 33.6 Å². The predicted molar refractivity (Wildman–Crippen MR) is 161 cm³/mol. The Hall–Kier alpha value is -3.65. The molecule has 1 atom stereocenters. The fourth-order valence-electron chi connectivity index (χ4n) is 4.56. The smallest absolute Gasteiger partial charge is 0.341 e. The number of fused-ring (bicyclic) bond motifs is 1. The molecule has 0 saturated carbocycles. The van der Waals surface area contributed by atoms with E-state index in [-0.39, 0.29) is 12.2 Å². The molecular formula is C29H29IN2O8S. The molecule has 1 N–H and O–H groups in total. The lowest BCUT2D eigenvalue weighted by Gasteiger charge is -2.26. The fraction of sp³-hybridized carbons (Fsp3) is 0.310. The molecule has 10 nitrogen and oxygen atoms in total. The molecule has 41 heavy (non-hydrogen) atoms. The topological polar surface area (TPSA) is 126 Å². The molecule has 0 fully saturated rings. The van der Waals surface area contributed by atoms with Crippen LogP contribution in [-0.2, 0) is 14.3 Å². The number of esters is 1. The highest BCUT2D eigenvalue weighted by Crippen LogP contribution is 2.37. The van der Waals surface area contributed by atoms with Crippen LogP contribution < -0.4 is 29.1 Å². The predicted octanol–water partition coefficient (Wildman–Crippen LogP) is 3.66. The van der Waals surface area contributed by atoms with Crippen LogP contribution in [0.5, 0.6) is 17.2 Å². The van der Waals surface area contributed by atoms with Gasteiger partial charge in [0, 0.05) is 5.56 Å². The standard InChI is InChI=1S/C29H29IN2O8S/c1-5-9-19-24(28(36)39-6-2)25(17-10-7-8-11-20(17)37-3)32-27(35)22(41-29(32)31-19)14-16-12-18(30)26(21(13-16)38-4)40-15-23(33)34/h7-8,10-14,25H,5-6,9,15H2,1-4H3,(H,33,34)/b22-14-/t25-/m0/s1. The van der Waals surface area contributed by atoms with E-state index >= 15 is 0 Å².